The third-order valence-corrected chi connectivity index (χ3v) is 6.63. The smallest absolute Gasteiger partial charge is 0.264 e. The number of imidazole rings is 2. The molecule has 0 spiro atoms. The summed E-state index contributed by atoms with van der Waals surface area (Å²) in [6, 6.07) is 22.8. The predicted molar refractivity (Wildman–Crippen MR) is 149 cm³/mol. The third-order valence-electron chi connectivity index (χ3n) is 6.63. The van der Waals surface area contributed by atoms with E-state index in [0.29, 0.717) is 22.1 Å². The second-order valence-corrected chi connectivity index (χ2v) is 8.20. The third kappa shape index (κ3) is 2.61. The second kappa shape index (κ2) is 7.99. The Morgan fingerprint density at radius 3 is 1.28 bits per heavy atom. The first-order valence-corrected chi connectivity index (χ1v) is 12.4. The van der Waals surface area contributed by atoms with Crippen molar-refractivity contribution in [3.8, 4) is 0 Å². The van der Waals surface area contributed by atoms with Crippen molar-refractivity contribution in [2.75, 3.05) is 0 Å². The second-order valence-electron chi connectivity index (χ2n) is 8.20. The molecule has 6 nitrogen and oxygen atoms in total. The topological polar surface area (TPSA) is 68.7 Å². The molecule has 176 valence electrons. The average molecular weight is 473 g/mol. The molecule has 0 aliphatic carbocycles. The number of pyridine rings is 2. The van der Waals surface area contributed by atoms with Gasteiger partial charge in [0, 0.05) is 32.3 Å². The molecule has 0 radical (unpaired) electrons. The first kappa shape index (κ1) is 21.9. The Morgan fingerprint density at radius 1 is 0.500 bits per heavy atom. The van der Waals surface area contributed by atoms with E-state index in [1.165, 1.54) is 0 Å². The Kier molecular flexibility index (Phi) is 4.86. The van der Waals surface area contributed by atoms with Crippen molar-refractivity contribution in [1.29, 1.82) is 0 Å². The Hall–Kier alpha value is -4.58. The van der Waals surface area contributed by atoms with E-state index in [2.05, 4.69) is 0 Å². The van der Waals surface area contributed by atoms with Crippen LogP contribution in [0.15, 0.2) is 82.4 Å². The van der Waals surface area contributed by atoms with E-state index < -0.39 is 0 Å². The maximum Gasteiger partial charge on any atom is 0.264 e. The standard InChI is InChI=1S/C26H12N4O2.2C2H6/c31-25-15-11-12-16-22-14(24-28-18-6-2-4-8-20(18)30(24)26(16)32)10-9-13(21(15)22)23-27-17-5-1-3-7-19(17)29(23)25;2*1-2/h1-12H;2*1-2H3. The fraction of sp³-hybridized carbons (Fsp3) is 0.133. The number of hydrogen-bond acceptors (Lipinski definition) is 4. The molecule has 0 aliphatic heterocycles. The van der Waals surface area contributed by atoms with Crippen LogP contribution in [0.25, 0.3) is 65.7 Å². The van der Waals surface area contributed by atoms with Gasteiger partial charge in [0.15, 0.2) is 0 Å². The summed E-state index contributed by atoms with van der Waals surface area (Å²) < 4.78 is 3.35. The highest BCUT2D eigenvalue weighted by molar-refractivity contribution is 6.27. The van der Waals surface area contributed by atoms with Gasteiger partial charge >= 0.3 is 0 Å². The molecule has 0 bridgehead atoms. The van der Waals surface area contributed by atoms with Gasteiger partial charge in [-0.05, 0) is 48.5 Å². The highest BCUT2D eigenvalue weighted by Crippen LogP contribution is 2.36. The van der Waals surface area contributed by atoms with Crippen LogP contribution in [0.5, 0.6) is 0 Å². The van der Waals surface area contributed by atoms with Gasteiger partial charge in [-0.15, -0.1) is 0 Å². The quantitative estimate of drug-likeness (QED) is 0.240. The highest BCUT2D eigenvalue weighted by atomic mass is 16.1. The van der Waals surface area contributed by atoms with Crippen LogP contribution in [0.2, 0.25) is 0 Å². The van der Waals surface area contributed by atoms with Gasteiger partial charge in [-0.3, -0.25) is 18.4 Å². The van der Waals surface area contributed by atoms with E-state index in [1.54, 1.807) is 20.9 Å². The first-order chi connectivity index (χ1) is 17.7. The van der Waals surface area contributed by atoms with Crippen molar-refractivity contribution in [3.05, 3.63) is 93.5 Å². The highest BCUT2D eigenvalue weighted by Gasteiger charge is 2.21. The van der Waals surface area contributed by atoms with Gasteiger partial charge in [-0.2, -0.15) is 0 Å². The molecule has 6 heteroatoms. The number of para-hydroxylation sites is 4. The fourth-order valence-electron chi connectivity index (χ4n) is 5.29. The normalized spacial score (nSPS) is 11.6. The van der Waals surface area contributed by atoms with E-state index in [9.17, 15) is 9.59 Å². The number of fused-ring (bicyclic) bond motifs is 8. The summed E-state index contributed by atoms with van der Waals surface area (Å²) in [6.07, 6.45) is 0. The van der Waals surface area contributed by atoms with Crippen molar-refractivity contribution in [2.45, 2.75) is 27.7 Å². The zero-order chi connectivity index (χ0) is 25.1. The molecule has 0 fully saturated rings. The van der Waals surface area contributed by atoms with Gasteiger partial charge in [-0.1, -0.05) is 52.0 Å². The molecule has 4 heterocycles. The molecular weight excluding hydrogens is 448 g/mol. The lowest BCUT2D eigenvalue weighted by Crippen LogP contribution is -2.16. The van der Waals surface area contributed by atoms with Gasteiger partial charge in [-0.25, -0.2) is 9.97 Å². The molecular formula is C30H24N4O2. The molecule has 4 aromatic carbocycles. The van der Waals surface area contributed by atoms with Crippen LogP contribution in [-0.2, 0) is 0 Å². The van der Waals surface area contributed by atoms with Crippen LogP contribution >= 0.6 is 0 Å². The van der Waals surface area contributed by atoms with Crippen molar-refractivity contribution in [2.24, 2.45) is 0 Å². The summed E-state index contributed by atoms with van der Waals surface area (Å²) in [7, 11) is 0. The van der Waals surface area contributed by atoms with Gasteiger partial charge in [0.2, 0.25) is 0 Å². The van der Waals surface area contributed by atoms with E-state index in [4.69, 9.17) is 9.97 Å². The number of nitrogens with zero attached hydrogens (tertiary/aromatic N) is 4. The van der Waals surface area contributed by atoms with Crippen molar-refractivity contribution >= 4 is 65.7 Å². The molecule has 0 amide bonds. The molecule has 0 atom stereocenters. The molecule has 0 saturated heterocycles. The lowest BCUT2D eigenvalue weighted by atomic mass is 9.96. The van der Waals surface area contributed by atoms with Crippen LogP contribution in [0, 0.1) is 0 Å². The van der Waals surface area contributed by atoms with E-state index in [-0.39, 0.29) is 11.1 Å². The van der Waals surface area contributed by atoms with Gasteiger partial charge in [0.05, 0.1) is 22.1 Å². The molecule has 4 aromatic heterocycles. The maximum atomic E-state index is 13.6. The van der Waals surface area contributed by atoms with Gasteiger partial charge < -0.3 is 0 Å². The minimum atomic E-state index is -0.128. The lowest BCUT2D eigenvalue weighted by molar-refractivity contribution is 1.18. The summed E-state index contributed by atoms with van der Waals surface area (Å²) in [5.41, 5.74) is 4.07. The molecule has 36 heavy (non-hydrogen) atoms. The van der Waals surface area contributed by atoms with E-state index in [1.807, 2.05) is 88.4 Å². The fourth-order valence-corrected chi connectivity index (χ4v) is 5.29. The molecule has 8 aromatic rings. The number of hydrogen-bond donors (Lipinski definition) is 0. The molecule has 0 unspecified atom stereocenters. The van der Waals surface area contributed by atoms with Crippen LogP contribution in [-0.4, -0.2) is 18.8 Å². The van der Waals surface area contributed by atoms with Crippen LogP contribution in [0.3, 0.4) is 0 Å². The van der Waals surface area contributed by atoms with Gasteiger partial charge in [0.1, 0.15) is 11.3 Å². The van der Waals surface area contributed by atoms with Crippen molar-refractivity contribution < 1.29 is 0 Å². The lowest BCUT2D eigenvalue weighted by Gasteiger charge is -2.12. The minimum Gasteiger partial charge on any atom is -0.268 e. The summed E-state index contributed by atoms with van der Waals surface area (Å²) in [5.74, 6) is 0. The summed E-state index contributed by atoms with van der Waals surface area (Å²) >= 11 is 0. The number of rotatable bonds is 0. The first-order valence-electron chi connectivity index (χ1n) is 12.4. The van der Waals surface area contributed by atoms with Crippen molar-refractivity contribution in [3.63, 3.8) is 0 Å². The van der Waals surface area contributed by atoms with E-state index in [0.717, 1.165) is 43.6 Å². The molecule has 0 N–H and O–H groups in total. The maximum absolute atomic E-state index is 13.6. The summed E-state index contributed by atoms with van der Waals surface area (Å²) in [5, 5.41) is 4.42. The minimum absolute atomic E-state index is 0.128. The Balaban J connectivity index is 0.000000575. The van der Waals surface area contributed by atoms with Crippen LogP contribution in [0.4, 0.5) is 0 Å². The summed E-state index contributed by atoms with van der Waals surface area (Å²) in [4.78, 5) is 36.7. The van der Waals surface area contributed by atoms with Crippen molar-refractivity contribution in [1.82, 2.24) is 18.8 Å². The molecule has 8 rings (SSSR count). The van der Waals surface area contributed by atoms with Crippen LogP contribution < -0.4 is 11.1 Å². The zero-order valence-electron chi connectivity index (χ0n) is 20.5. The van der Waals surface area contributed by atoms with Crippen LogP contribution in [0.1, 0.15) is 27.7 Å². The summed E-state index contributed by atoms with van der Waals surface area (Å²) in [6.45, 7) is 8.00. The molecule has 0 saturated carbocycles. The zero-order valence-corrected chi connectivity index (χ0v) is 20.5. The average Bonchev–Trinajstić information content (AvgIpc) is 3.52. The Labute approximate surface area is 205 Å². The number of aromatic nitrogens is 4. The predicted octanol–water partition coefficient (Wildman–Crippen LogP) is 6.40. The van der Waals surface area contributed by atoms with Gasteiger partial charge in [0.25, 0.3) is 11.1 Å². The Morgan fingerprint density at radius 2 is 0.861 bits per heavy atom. The molecule has 0 aliphatic rings. The SMILES string of the molecule is CC.CC.O=c1c2ccc3c(=O)n4c5ccccc5nc4c4ccc(c2c34)c2nc3ccccc3n12. The monoisotopic (exact) mass is 472 g/mol. The largest absolute Gasteiger partial charge is 0.268 e. The number of benzene rings is 4. The van der Waals surface area contributed by atoms with E-state index >= 15 is 0 Å². The Bertz CT molecular complexity index is 2030.